The SMILES string of the molecule is COc1cc2nccc(Oc3ccc(NC(=S)NC(=O)CCCCc4ccccc4)cc3)c2cc1OC. The Hall–Kier alpha value is -4.17. The number of fused-ring (bicyclic) bond motifs is 1. The lowest BCUT2D eigenvalue weighted by Gasteiger charge is -2.13. The van der Waals surface area contributed by atoms with Crippen molar-refractivity contribution in [3.63, 3.8) is 0 Å². The number of anilines is 1. The van der Waals surface area contributed by atoms with Crippen molar-refractivity contribution >= 4 is 39.8 Å². The van der Waals surface area contributed by atoms with Crippen LogP contribution in [0.2, 0.25) is 0 Å². The van der Waals surface area contributed by atoms with Crippen molar-refractivity contribution in [2.45, 2.75) is 25.7 Å². The van der Waals surface area contributed by atoms with E-state index in [4.69, 9.17) is 26.4 Å². The minimum Gasteiger partial charge on any atom is -0.493 e. The lowest BCUT2D eigenvalue weighted by atomic mass is 10.1. The number of nitrogens with one attached hydrogen (secondary N) is 2. The first-order valence-corrected chi connectivity index (χ1v) is 12.4. The summed E-state index contributed by atoms with van der Waals surface area (Å²) in [6.45, 7) is 0. The molecular weight excluding hydrogens is 486 g/mol. The second kappa shape index (κ2) is 12.7. The van der Waals surface area contributed by atoms with Gasteiger partial charge in [0, 0.05) is 29.8 Å². The highest BCUT2D eigenvalue weighted by Crippen LogP contribution is 2.36. The van der Waals surface area contributed by atoms with Gasteiger partial charge in [-0.05, 0) is 73.4 Å². The van der Waals surface area contributed by atoms with Gasteiger partial charge < -0.3 is 24.8 Å². The number of pyridine rings is 1. The molecule has 0 radical (unpaired) electrons. The van der Waals surface area contributed by atoms with E-state index in [1.165, 1.54) is 5.56 Å². The average Bonchev–Trinajstić information content (AvgIpc) is 2.92. The molecule has 0 aliphatic carbocycles. The number of aromatic nitrogens is 1. The Balaban J connectivity index is 1.28. The molecule has 3 aromatic carbocycles. The normalized spacial score (nSPS) is 10.5. The number of unbranched alkanes of at least 4 members (excludes halogenated alkanes) is 1. The van der Waals surface area contributed by atoms with Gasteiger partial charge in [-0.25, -0.2) is 0 Å². The van der Waals surface area contributed by atoms with Crippen molar-refractivity contribution in [1.29, 1.82) is 0 Å². The highest BCUT2D eigenvalue weighted by Gasteiger charge is 2.12. The van der Waals surface area contributed by atoms with E-state index in [0.29, 0.717) is 29.4 Å². The van der Waals surface area contributed by atoms with E-state index in [-0.39, 0.29) is 11.0 Å². The van der Waals surface area contributed by atoms with Gasteiger partial charge in [0.15, 0.2) is 16.6 Å². The van der Waals surface area contributed by atoms with Crippen molar-refractivity contribution in [2.75, 3.05) is 19.5 Å². The summed E-state index contributed by atoms with van der Waals surface area (Å²) in [7, 11) is 3.18. The molecule has 0 spiro atoms. The molecule has 0 unspecified atom stereocenters. The number of aryl methyl sites for hydroxylation is 1. The van der Waals surface area contributed by atoms with Gasteiger partial charge in [-0.3, -0.25) is 9.78 Å². The number of hydrogen-bond donors (Lipinski definition) is 2. The number of rotatable bonds is 10. The molecule has 0 atom stereocenters. The molecule has 4 aromatic rings. The van der Waals surface area contributed by atoms with Crippen molar-refractivity contribution < 1.29 is 19.0 Å². The maximum Gasteiger partial charge on any atom is 0.226 e. The first-order valence-electron chi connectivity index (χ1n) is 12.0. The van der Waals surface area contributed by atoms with Crippen molar-refractivity contribution in [2.24, 2.45) is 0 Å². The maximum atomic E-state index is 12.2. The maximum absolute atomic E-state index is 12.2. The fourth-order valence-corrected chi connectivity index (χ4v) is 4.11. The Morgan fingerprint density at radius 1 is 0.892 bits per heavy atom. The van der Waals surface area contributed by atoms with Gasteiger partial charge in [0.2, 0.25) is 5.91 Å². The number of nitrogens with zero attached hydrogens (tertiary/aromatic N) is 1. The number of benzene rings is 3. The van der Waals surface area contributed by atoms with E-state index in [9.17, 15) is 4.79 Å². The Kier molecular flexibility index (Phi) is 8.89. The fraction of sp³-hybridized carbons (Fsp3) is 0.207. The van der Waals surface area contributed by atoms with E-state index in [1.807, 2.05) is 54.6 Å². The van der Waals surface area contributed by atoms with Gasteiger partial charge in [0.05, 0.1) is 19.7 Å². The van der Waals surface area contributed by atoms with Gasteiger partial charge in [0.1, 0.15) is 11.5 Å². The summed E-state index contributed by atoms with van der Waals surface area (Å²) in [6.07, 6.45) is 4.83. The summed E-state index contributed by atoms with van der Waals surface area (Å²) >= 11 is 5.30. The van der Waals surface area contributed by atoms with Crippen LogP contribution in [0.1, 0.15) is 24.8 Å². The second-order valence-electron chi connectivity index (χ2n) is 8.35. The third-order valence-corrected chi connectivity index (χ3v) is 5.97. The van der Waals surface area contributed by atoms with Crippen molar-refractivity contribution in [3.05, 3.63) is 84.6 Å². The lowest BCUT2D eigenvalue weighted by molar-refractivity contribution is -0.119. The van der Waals surface area contributed by atoms with E-state index < -0.39 is 0 Å². The molecule has 0 fully saturated rings. The number of hydrogen-bond acceptors (Lipinski definition) is 6. The van der Waals surface area contributed by atoms with E-state index in [0.717, 1.165) is 35.9 Å². The molecule has 8 heteroatoms. The third kappa shape index (κ3) is 7.17. The smallest absolute Gasteiger partial charge is 0.226 e. The second-order valence-corrected chi connectivity index (χ2v) is 8.76. The molecule has 190 valence electrons. The first kappa shape index (κ1) is 25.9. The Bertz CT molecular complexity index is 1360. The number of carbonyl (C=O) groups excluding carboxylic acids is 1. The van der Waals surface area contributed by atoms with Crippen LogP contribution in [-0.4, -0.2) is 30.2 Å². The number of amides is 1. The van der Waals surface area contributed by atoms with Crippen LogP contribution in [0.25, 0.3) is 10.9 Å². The molecule has 0 saturated heterocycles. The fourth-order valence-electron chi connectivity index (χ4n) is 3.88. The summed E-state index contributed by atoms with van der Waals surface area (Å²) in [5, 5.41) is 6.85. The van der Waals surface area contributed by atoms with Crippen LogP contribution < -0.4 is 24.8 Å². The third-order valence-electron chi connectivity index (χ3n) is 5.76. The van der Waals surface area contributed by atoms with Crippen LogP contribution in [0, 0.1) is 0 Å². The minimum atomic E-state index is -0.0952. The summed E-state index contributed by atoms with van der Waals surface area (Å²) in [4.78, 5) is 16.6. The quantitative estimate of drug-likeness (QED) is 0.190. The summed E-state index contributed by atoms with van der Waals surface area (Å²) < 4.78 is 16.9. The zero-order valence-corrected chi connectivity index (χ0v) is 21.6. The lowest BCUT2D eigenvalue weighted by Crippen LogP contribution is -2.33. The highest BCUT2D eigenvalue weighted by atomic mass is 32.1. The monoisotopic (exact) mass is 515 g/mol. The van der Waals surface area contributed by atoms with Crippen LogP contribution >= 0.6 is 12.2 Å². The Morgan fingerprint density at radius 3 is 2.35 bits per heavy atom. The van der Waals surface area contributed by atoms with Crippen LogP contribution in [-0.2, 0) is 11.2 Å². The van der Waals surface area contributed by atoms with Crippen LogP contribution in [0.5, 0.6) is 23.0 Å². The first-order chi connectivity index (χ1) is 18.1. The van der Waals surface area contributed by atoms with E-state index in [1.54, 1.807) is 26.5 Å². The summed E-state index contributed by atoms with van der Waals surface area (Å²) in [6, 6.07) is 23.0. The minimum absolute atomic E-state index is 0.0952. The molecule has 37 heavy (non-hydrogen) atoms. The van der Waals surface area contributed by atoms with Gasteiger partial charge in [-0.15, -0.1) is 0 Å². The largest absolute Gasteiger partial charge is 0.493 e. The topological polar surface area (TPSA) is 81.7 Å². The summed E-state index contributed by atoms with van der Waals surface area (Å²) in [5.74, 6) is 2.38. The zero-order valence-electron chi connectivity index (χ0n) is 20.8. The molecule has 7 nitrogen and oxygen atoms in total. The molecule has 0 bridgehead atoms. The molecule has 0 aliphatic heterocycles. The number of thiocarbonyl (C=S) groups is 1. The molecule has 0 aliphatic rings. The molecular formula is C29H29N3O4S. The van der Waals surface area contributed by atoms with Gasteiger partial charge in [-0.1, -0.05) is 30.3 Å². The average molecular weight is 516 g/mol. The van der Waals surface area contributed by atoms with Gasteiger partial charge in [0.25, 0.3) is 0 Å². The van der Waals surface area contributed by atoms with Crippen LogP contribution in [0.15, 0.2) is 79.0 Å². The zero-order chi connectivity index (χ0) is 26.0. The number of ether oxygens (including phenoxy) is 3. The molecule has 4 rings (SSSR count). The number of carbonyl (C=O) groups is 1. The van der Waals surface area contributed by atoms with E-state index in [2.05, 4.69) is 27.8 Å². The van der Waals surface area contributed by atoms with Crippen molar-refractivity contribution in [1.82, 2.24) is 10.3 Å². The number of methoxy groups -OCH3 is 2. The standard InChI is InChI=1S/C29H29N3O4S/c1-34-26-18-23-24(19-27(26)35-2)30-17-16-25(23)36-22-14-12-21(13-15-22)31-29(37)32-28(33)11-7-6-10-20-8-4-3-5-9-20/h3-5,8-9,12-19H,6-7,10-11H2,1-2H3,(H2,31,32,33,37). The Morgan fingerprint density at radius 2 is 1.62 bits per heavy atom. The molecule has 1 aromatic heterocycles. The molecule has 2 N–H and O–H groups in total. The molecule has 1 amide bonds. The highest BCUT2D eigenvalue weighted by molar-refractivity contribution is 7.80. The van der Waals surface area contributed by atoms with E-state index >= 15 is 0 Å². The van der Waals surface area contributed by atoms with Gasteiger partial charge >= 0.3 is 0 Å². The predicted molar refractivity (Wildman–Crippen MR) is 150 cm³/mol. The van der Waals surface area contributed by atoms with Crippen LogP contribution in [0.4, 0.5) is 5.69 Å². The van der Waals surface area contributed by atoms with Crippen molar-refractivity contribution in [3.8, 4) is 23.0 Å². The molecule has 0 saturated carbocycles. The molecule has 1 heterocycles. The van der Waals surface area contributed by atoms with Crippen LogP contribution in [0.3, 0.4) is 0 Å². The predicted octanol–water partition coefficient (Wildman–Crippen LogP) is 6.27. The van der Waals surface area contributed by atoms with Gasteiger partial charge in [-0.2, -0.15) is 0 Å². The summed E-state index contributed by atoms with van der Waals surface area (Å²) in [5.41, 5.74) is 2.76. The Labute approximate surface area is 221 Å².